The van der Waals surface area contributed by atoms with Crippen molar-refractivity contribution >= 4 is 5.91 Å². The minimum atomic E-state index is -0.354. The summed E-state index contributed by atoms with van der Waals surface area (Å²) in [6, 6.07) is 0. The summed E-state index contributed by atoms with van der Waals surface area (Å²) >= 11 is 0. The number of hydrogen-bond acceptors (Lipinski definition) is 4. The number of rotatable bonds is 5. The predicted octanol–water partition coefficient (Wildman–Crippen LogP) is 0.582. The molecule has 1 aromatic rings. The maximum absolute atomic E-state index is 12.3. The van der Waals surface area contributed by atoms with Crippen molar-refractivity contribution in [2.45, 2.75) is 45.8 Å². The van der Waals surface area contributed by atoms with Crippen molar-refractivity contribution in [1.82, 2.24) is 20.8 Å². The summed E-state index contributed by atoms with van der Waals surface area (Å²) in [5, 5.41) is 23.6. The third-order valence-electron chi connectivity index (χ3n) is 4.77. The molecule has 1 aromatic heterocycles. The molecular formula is C15H24N4O2. The molecule has 1 aliphatic heterocycles. The lowest BCUT2D eigenvalue weighted by molar-refractivity contribution is 0.0489. The number of H-pyrrole nitrogens is 1. The van der Waals surface area contributed by atoms with E-state index in [1.807, 2.05) is 13.8 Å². The lowest BCUT2D eigenvalue weighted by Gasteiger charge is -2.25. The number of hydrogen-bond donors (Lipinski definition) is 4. The summed E-state index contributed by atoms with van der Waals surface area (Å²) in [4.78, 5) is 12.3. The van der Waals surface area contributed by atoms with Gasteiger partial charge in [-0.1, -0.05) is 13.8 Å². The van der Waals surface area contributed by atoms with Crippen LogP contribution in [0.15, 0.2) is 0 Å². The molecule has 1 atom stereocenters. The van der Waals surface area contributed by atoms with Crippen molar-refractivity contribution in [3.8, 4) is 0 Å². The Hall–Kier alpha value is -1.40. The van der Waals surface area contributed by atoms with Crippen molar-refractivity contribution in [2.75, 3.05) is 13.1 Å². The van der Waals surface area contributed by atoms with E-state index in [-0.39, 0.29) is 23.3 Å². The molecule has 3 rings (SSSR count). The average molecular weight is 292 g/mol. The summed E-state index contributed by atoms with van der Waals surface area (Å²) in [7, 11) is 0. The number of aliphatic hydroxyl groups is 1. The monoisotopic (exact) mass is 292 g/mol. The fraction of sp³-hybridized carbons (Fsp3) is 0.733. The van der Waals surface area contributed by atoms with Gasteiger partial charge in [-0.05, 0) is 18.8 Å². The fourth-order valence-electron chi connectivity index (χ4n) is 3.20. The first-order valence-corrected chi connectivity index (χ1v) is 7.76. The van der Waals surface area contributed by atoms with E-state index in [1.54, 1.807) is 0 Å². The molecule has 6 heteroatoms. The molecule has 1 saturated carbocycles. The van der Waals surface area contributed by atoms with Gasteiger partial charge in [0.15, 0.2) is 5.69 Å². The van der Waals surface area contributed by atoms with Crippen LogP contribution in [0.4, 0.5) is 0 Å². The number of nitrogens with zero attached hydrogens (tertiary/aromatic N) is 1. The first-order valence-electron chi connectivity index (χ1n) is 7.76. The Bertz CT molecular complexity index is 534. The number of fused-ring (bicyclic) bond motifs is 1. The molecule has 6 nitrogen and oxygen atoms in total. The standard InChI is InChI=1S/C15H24N4O2/c1-9(2)13(20)15(4-5-15)8-17-14(21)12-10-7-16-6-3-11(10)18-19-12/h9,13,16,20H,3-8H2,1-2H3,(H,17,21)(H,18,19). The maximum Gasteiger partial charge on any atom is 0.272 e. The lowest BCUT2D eigenvalue weighted by atomic mass is 9.90. The Kier molecular flexibility index (Phi) is 3.75. The molecule has 1 aliphatic carbocycles. The maximum atomic E-state index is 12.3. The van der Waals surface area contributed by atoms with Crippen molar-refractivity contribution in [3.63, 3.8) is 0 Å². The van der Waals surface area contributed by atoms with Crippen LogP contribution in [0, 0.1) is 11.3 Å². The molecule has 2 aliphatic rings. The van der Waals surface area contributed by atoms with Gasteiger partial charge in [-0.25, -0.2) is 0 Å². The number of aliphatic hydroxyl groups excluding tert-OH is 1. The van der Waals surface area contributed by atoms with Crippen LogP contribution < -0.4 is 10.6 Å². The third kappa shape index (κ3) is 2.70. The molecular weight excluding hydrogens is 268 g/mol. The van der Waals surface area contributed by atoms with Crippen LogP contribution in [0.25, 0.3) is 0 Å². The average Bonchev–Trinajstić information content (AvgIpc) is 3.15. The lowest BCUT2D eigenvalue weighted by Crippen LogP contribution is -2.39. The van der Waals surface area contributed by atoms with Crippen molar-refractivity contribution in [3.05, 3.63) is 17.0 Å². The smallest absolute Gasteiger partial charge is 0.272 e. The highest BCUT2D eigenvalue weighted by Crippen LogP contribution is 2.50. The van der Waals surface area contributed by atoms with Crippen LogP contribution >= 0.6 is 0 Å². The van der Waals surface area contributed by atoms with Gasteiger partial charge in [0.2, 0.25) is 0 Å². The van der Waals surface area contributed by atoms with E-state index in [0.717, 1.165) is 37.1 Å². The second kappa shape index (κ2) is 5.42. The molecule has 2 heterocycles. The fourth-order valence-corrected chi connectivity index (χ4v) is 3.20. The minimum absolute atomic E-state index is 0.127. The first kappa shape index (κ1) is 14.5. The number of carbonyl (C=O) groups is 1. The number of amides is 1. The third-order valence-corrected chi connectivity index (χ3v) is 4.77. The summed E-state index contributed by atoms with van der Waals surface area (Å²) < 4.78 is 0. The number of aromatic nitrogens is 2. The molecule has 0 aromatic carbocycles. The van der Waals surface area contributed by atoms with Gasteiger partial charge in [0.1, 0.15) is 0 Å². The number of aromatic amines is 1. The molecule has 0 radical (unpaired) electrons. The van der Waals surface area contributed by atoms with Gasteiger partial charge in [0.25, 0.3) is 5.91 Å². The van der Waals surface area contributed by atoms with E-state index in [1.165, 1.54) is 0 Å². The van der Waals surface area contributed by atoms with Crippen LogP contribution in [-0.2, 0) is 13.0 Å². The highest BCUT2D eigenvalue weighted by molar-refractivity contribution is 5.94. The van der Waals surface area contributed by atoms with Gasteiger partial charge in [0.05, 0.1) is 6.10 Å². The Morgan fingerprint density at radius 2 is 2.24 bits per heavy atom. The zero-order valence-electron chi connectivity index (χ0n) is 12.7. The molecule has 0 saturated heterocycles. The van der Waals surface area contributed by atoms with Crippen LogP contribution in [0.1, 0.15) is 48.4 Å². The summed E-state index contributed by atoms with van der Waals surface area (Å²) in [5.74, 6) is 0.0742. The molecule has 116 valence electrons. The number of nitrogens with one attached hydrogen (secondary N) is 3. The highest BCUT2D eigenvalue weighted by Gasteiger charge is 2.49. The topological polar surface area (TPSA) is 90.0 Å². The Labute approximate surface area is 124 Å². The highest BCUT2D eigenvalue weighted by atomic mass is 16.3. The van der Waals surface area contributed by atoms with Crippen LogP contribution in [0.3, 0.4) is 0 Å². The molecule has 1 amide bonds. The van der Waals surface area contributed by atoms with E-state index in [9.17, 15) is 9.90 Å². The van der Waals surface area contributed by atoms with Gasteiger partial charge in [-0.15, -0.1) is 0 Å². The van der Waals surface area contributed by atoms with Crippen molar-refractivity contribution in [2.24, 2.45) is 11.3 Å². The van der Waals surface area contributed by atoms with E-state index >= 15 is 0 Å². The minimum Gasteiger partial charge on any atom is -0.392 e. The predicted molar refractivity (Wildman–Crippen MR) is 78.8 cm³/mol. The largest absolute Gasteiger partial charge is 0.392 e. The summed E-state index contributed by atoms with van der Waals surface area (Å²) in [6.45, 7) is 6.17. The summed E-state index contributed by atoms with van der Waals surface area (Å²) in [5.41, 5.74) is 2.40. The summed E-state index contributed by atoms with van der Waals surface area (Å²) in [6.07, 6.45) is 2.48. The van der Waals surface area contributed by atoms with Gasteiger partial charge in [-0.3, -0.25) is 9.89 Å². The normalized spacial score (nSPS) is 21.0. The van der Waals surface area contributed by atoms with E-state index in [4.69, 9.17) is 0 Å². The van der Waals surface area contributed by atoms with Crippen molar-refractivity contribution < 1.29 is 9.90 Å². The van der Waals surface area contributed by atoms with Gasteiger partial charge in [-0.2, -0.15) is 5.10 Å². The van der Waals surface area contributed by atoms with E-state index < -0.39 is 0 Å². The molecule has 21 heavy (non-hydrogen) atoms. The zero-order chi connectivity index (χ0) is 15.0. The molecule has 4 N–H and O–H groups in total. The second-order valence-corrected chi connectivity index (χ2v) is 6.69. The Morgan fingerprint density at radius 3 is 2.90 bits per heavy atom. The second-order valence-electron chi connectivity index (χ2n) is 6.69. The van der Waals surface area contributed by atoms with Crippen molar-refractivity contribution in [1.29, 1.82) is 0 Å². The quantitative estimate of drug-likeness (QED) is 0.639. The number of carbonyl (C=O) groups excluding carboxylic acids is 1. The van der Waals surface area contributed by atoms with E-state index in [0.29, 0.717) is 18.8 Å². The zero-order valence-corrected chi connectivity index (χ0v) is 12.7. The van der Waals surface area contributed by atoms with Crippen LogP contribution in [0.2, 0.25) is 0 Å². The molecule has 0 spiro atoms. The van der Waals surface area contributed by atoms with Gasteiger partial charge >= 0.3 is 0 Å². The molecule has 1 fully saturated rings. The Morgan fingerprint density at radius 1 is 1.48 bits per heavy atom. The van der Waals surface area contributed by atoms with Crippen LogP contribution in [0.5, 0.6) is 0 Å². The molecule has 1 unspecified atom stereocenters. The SMILES string of the molecule is CC(C)C(O)C1(CNC(=O)c2n[nH]c3c2CNCC3)CC1. The Balaban J connectivity index is 1.64. The van der Waals surface area contributed by atoms with Gasteiger partial charge in [0, 0.05) is 42.7 Å². The first-order chi connectivity index (χ1) is 10.0. The van der Waals surface area contributed by atoms with Crippen LogP contribution in [-0.4, -0.2) is 40.4 Å². The van der Waals surface area contributed by atoms with E-state index in [2.05, 4.69) is 20.8 Å². The van der Waals surface area contributed by atoms with Gasteiger partial charge < -0.3 is 15.7 Å². The molecule has 0 bridgehead atoms.